The molecule has 182 valence electrons. The Bertz CT molecular complexity index is 1020. The number of ether oxygens (including phenoxy) is 1. The van der Waals surface area contributed by atoms with Gasteiger partial charge in [0.25, 0.3) is 5.91 Å². The van der Waals surface area contributed by atoms with Crippen LogP contribution in [0.1, 0.15) is 5.56 Å². The van der Waals surface area contributed by atoms with Crippen LogP contribution in [0.25, 0.3) is 0 Å². The number of amides is 4. The molecule has 8 nitrogen and oxygen atoms in total. The zero-order valence-corrected chi connectivity index (χ0v) is 19.9. The van der Waals surface area contributed by atoms with E-state index in [2.05, 4.69) is 5.32 Å². The SMILES string of the molecule is Cl.O=C(CN1C(=O)C2CN(CCOc3ccc(F)cc3)CCN2C1=O)NCc1ccc(Cl)cc1. The predicted molar refractivity (Wildman–Crippen MR) is 126 cm³/mol. The van der Waals surface area contributed by atoms with Crippen molar-refractivity contribution in [1.29, 1.82) is 0 Å². The zero-order valence-electron chi connectivity index (χ0n) is 18.3. The maximum absolute atomic E-state index is 13.0. The molecule has 2 heterocycles. The fourth-order valence-corrected chi connectivity index (χ4v) is 4.01. The monoisotopic (exact) mass is 510 g/mol. The lowest BCUT2D eigenvalue weighted by molar-refractivity contribution is -0.133. The van der Waals surface area contributed by atoms with Gasteiger partial charge in [0.2, 0.25) is 5.91 Å². The second-order valence-electron chi connectivity index (χ2n) is 7.92. The molecule has 11 heteroatoms. The van der Waals surface area contributed by atoms with Crippen LogP contribution in [0.2, 0.25) is 5.02 Å². The minimum Gasteiger partial charge on any atom is -0.492 e. The van der Waals surface area contributed by atoms with Crippen molar-refractivity contribution in [2.75, 3.05) is 39.3 Å². The average Bonchev–Trinajstić information content (AvgIpc) is 3.04. The quantitative estimate of drug-likeness (QED) is 0.551. The van der Waals surface area contributed by atoms with Crippen molar-refractivity contribution in [2.24, 2.45) is 0 Å². The topological polar surface area (TPSA) is 82.2 Å². The van der Waals surface area contributed by atoms with Crippen molar-refractivity contribution < 1.29 is 23.5 Å². The molecule has 4 amide bonds. The number of fused-ring (bicyclic) bond motifs is 1. The third-order valence-electron chi connectivity index (χ3n) is 5.69. The van der Waals surface area contributed by atoms with Gasteiger partial charge in [-0.3, -0.25) is 19.4 Å². The van der Waals surface area contributed by atoms with Crippen molar-refractivity contribution in [1.82, 2.24) is 20.0 Å². The molecule has 1 atom stereocenters. The number of hydrogen-bond donors (Lipinski definition) is 1. The second kappa shape index (κ2) is 11.5. The van der Waals surface area contributed by atoms with E-state index in [0.717, 1.165) is 10.5 Å². The Labute approximate surface area is 208 Å². The standard InChI is InChI=1S/C23H24ClFN4O4.ClH/c24-17-3-1-16(2-4-17)13-26-21(30)15-29-22(31)20-14-27(9-10-28(20)23(29)32)11-12-33-19-7-5-18(25)6-8-19;/h1-8,20H,9-15H2,(H,26,30);1H. The van der Waals surface area contributed by atoms with Gasteiger partial charge >= 0.3 is 6.03 Å². The number of benzene rings is 2. The Morgan fingerprint density at radius 2 is 1.79 bits per heavy atom. The first-order valence-corrected chi connectivity index (χ1v) is 11.0. The van der Waals surface area contributed by atoms with Crippen LogP contribution in [-0.4, -0.2) is 77.9 Å². The van der Waals surface area contributed by atoms with Gasteiger partial charge in [-0.25, -0.2) is 9.18 Å². The van der Waals surface area contributed by atoms with Crippen molar-refractivity contribution >= 4 is 41.9 Å². The van der Waals surface area contributed by atoms with Gasteiger partial charge in [-0.05, 0) is 42.0 Å². The van der Waals surface area contributed by atoms with Crippen LogP contribution in [0.5, 0.6) is 5.75 Å². The van der Waals surface area contributed by atoms with E-state index in [1.54, 1.807) is 36.4 Å². The predicted octanol–water partition coefficient (Wildman–Crippen LogP) is 2.54. The summed E-state index contributed by atoms with van der Waals surface area (Å²) in [6.07, 6.45) is 0. The summed E-state index contributed by atoms with van der Waals surface area (Å²) in [6, 6.07) is 11.8. The third-order valence-corrected chi connectivity index (χ3v) is 5.94. The van der Waals surface area contributed by atoms with Crippen molar-refractivity contribution in [2.45, 2.75) is 12.6 Å². The molecule has 4 rings (SSSR count). The normalized spacial score (nSPS) is 17.9. The molecule has 2 aromatic carbocycles. The molecule has 0 radical (unpaired) electrons. The fraction of sp³-hybridized carbons (Fsp3) is 0.348. The molecule has 0 bridgehead atoms. The molecule has 2 aromatic rings. The van der Waals surface area contributed by atoms with Crippen molar-refractivity contribution in [3.8, 4) is 5.75 Å². The van der Waals surface area contributed by atoms with E-state index in [0.29, 0.717) is 43.6 Å². The van der Waals surface area contributed by atoms with Gasteiger partial charge in [-0.1, -0.05) is 23.7 Å². The van der Waals surface area contributed by atoms with Crippen LogP contribution in [0, 0.1) is 5.82 Å². The van der Waals surface area contributed by atoms with Crippen LogP contribution in [0.15, 0.2) is 48.5 Å². The van der Waals surface area contributed by atoms with Crippen LogP contribution < -0.4 is 10.1 Å². The molecule has 2 saturated heterocycles. The lowest BCUT2D eigenvalue weighted by atomic mass is 10.2. The molecule has 34 heavy (non-hydrogen) atoms. The van der Waals surface area contributed by atoms with E-state index in [1.807, 2.05) is 4.90 Å². The number of carbonyl (C=O) groups is 3. The summed E-state index contributed by atoms with van der Waals surface area (Å²) in [6.45, 7) is 2.27. The molecule has 1 N–H and O–H groups in total. The average molecular weight is 511 g/mol. The molecular formula is C23H25Cl2FN4O4. The lowest BCUT2D eigenvalue weighted by Crippen LogP contribution is -2.53. The highest BCUT2D eigenvalue weighted by atomic mass is 35.5. The molecule has 2 aliphatic rings. The molecule has 1 unspecified atom stereocenters. The number of nitrogens with zero attached hydrogens (tertiary/aromatic N) is 3. The van der Waals surface area contributed by atoms with Crippen LogP contribution in [0.3, 0.4) is 0 Å². The van der Waals surface area contributed by atoms with Gasteiger partial charge in [-0.2, -0.15) is 0 Å². The number of imide groups is 1. The first-order chi connectivity index (χ1) is 15.9. The molecular weight excluding hydrogens is 486 g/mol. The Hall–Kier alpha value is -2.88. The number of piperazine rings is 1. The van der Waals surface area contributed by atoms with Gasteiger partial charge < -0.3 is 15.0 Å². The summed E-state index contributed by atoms with van der Waals surface area (Å²) in [5.74, 6) is -0.536. The van der Waals surface area contributed by atoms with Gasteiger partial charge in [0.1, 0.15) is 30.8 Å². The van der Waals surface area contributed by atoms with Gasteiger partial charge in [0.05, 0.1) is 0 Å². The zero-order chi connectivity index (χ0) is 23.4. The summed E-state index contributed by atoms with van der Waals surface area (Å²) in [5.41, 5.74) is 0.864. The Morgan fingerprint density at radius 1 is 1.09 bits per heavy atom. The van der Waals surface area contributed by atoms with E-state index in [1.165, 1.54) is 17.0 Å². The van der Waals surface area contributed by atoms with Gasteiger partial charge in [0, 0.05) is 37.7 Å². The summed E-state index contributed by atoms with van der Waals surface area (Å²) in [7, 11) is 0. The number of urea groups is 1. The van der Waals surface area contributed by atoms with E-state index < -0.39 is 18.0 Å². The maximum atomic E-state index is 13.0. The Morgan fingerprint density at radius 3 is 2.50 bits per heavy atom. The van der Waals surface area contributed by atoms with E-state index in [-0.39, 0.29) is 37.2 Å². The van der Waals surface area contributed by atoms with Crippen molar-refractivity contribution in [3.63, 3.8) is 0 Å². The Kier molecular flexibility index (Phi) is 8.71. The first-order valence-electron chi connectivity index (χ1n) is 10.6. The lowest BCUT2D eigenvalue weighted by Gasteiger charge is -2.35. The second-order valence-corrected chi connectivity index (χ2v) is 8.36. The Balaban J connectivity index is 0.00000324. The molecule has 0 spiro atoms. The minimum absolute atomic E-state index is 0. The molecule has 0 saturated carbocycles. The highest BCUT2D eigenvalue weighted by Crippen LogP contribution is 2.22. The molecule has 2 aliphatic heterocycles. The van der Waals surface area contributed by atoms with Gasteiger partial charge in [0.15, 0.2) is 0 Å². The number of hydrogen-bond acceptors (Lipinski definition) is 5. The largest absolute Gasteiger partial charge is 0.492 e. The molecule has 0 aliphatic carbocycles. The number of carbonyl (C=O) groups excluding carboxylic acids is 3. The van der Waals surface area contributed by atoms with E-state index in [9.17, 15) is 18.8 Å². The van der Waals surface area contributed by atoms with Crippen LogP contribution >= 0.6 is 24.0 Å². The van der Waals surface area contributed by atoms with Crippen LogP contribution in [0.4, 0.5) is 9.18 Å². The number of nitrogens with one attached hydrogen (secondary N) is 1. The summed E-state index contributed by atoms with van der Waals surface area (Å²) in [4.78, 5) is 42.5. The van der Waals surface area contributed by atoms with E-state index >= 15 is 0 Å². The fourth-order valence-electron chi connectivity index (χ4n) is 3.88. The van der Waals surface area contributed by atoms with Crippen molar-refractivity contribution in [3.05, 3.63) is 64.9 Å². The smallest absolute Gasteiger partial charge is 0.328 e. The highest BCUT2D eigenvalue weighted by molar-refractivity contribution is 6.30. The maximum Gasteiger partial charge on any atom is 0.328 e. The summed E-state index contributed by atoms with van der Waals surface area (Å²) in [5, 5.41) is 3.33. The van der Waals surface area contributed by atoms with E-state index in [4.69, 9.17) is 16.3 Å². The highest BCUT2D eigenvalue weighted by Gasteiger charge is 2.47. The minimum atomic E-state index is -0.610. The molecule has 2 fully saturated rings. The first kappa shape index (κ1) is 25.7. The van der Waals surface area contributed by atoms with Gasteiger partial charge in [-0.15, -0.1) is 12.4 Å². The number of halogens is 3. The third kappa shape index (κ3) is 6.16. The number of rotatable bonds is 8. The summed E-state index contributed by atoms with van der Waals surface area (Å²) < 4.78 is 18.6. The summed E-state index contributed by atoms with van der Waals surface area (Å²) >= 11 is 5.85. The van der Waals surface area contributed by atoms with Crippen LogP contribution in [-0.2, 0) is 16.1 Å². The molecule has 0 aromatic heterocycles.